The highest BCUT2D eigenvalue weighted by atomic mass is 32.1. The zero-order valence-corrected chi connectivity index (χ0v) is 11.5. The van der Waals surface area contributed by atoms with Gasteiger partial charge in [-0.1, -0.05) is 12.1 Å². The molecule has 108 valence electrons. The molecule has 1 aromatic carbocycles. The number of hydrogen-bond donors (Lipinski definition) is 1. The lowest BCUT2D eigenvalue weighted by Crippen LogP contribution is -2.11. The van der Waals surface area contributed by atoms with Gasteiger partial charge < -0.3 is 10.5 Å². The van der Waals surface area contributed by atoms with Crippen molar-refractivity contribution < 1.29 is 17.9 Å². The highest BCUT2D eigenvalue weighted by Gasteiger charge is 2.35. The first-order valence-corrected chi connectivity index (χ1v) is 6.63. The summed E-state index contributed by atoms with van der Waals surface area (Å²) in [5.41, 5.74) is 6.86. The van der Waals surface area contributed by atoms with Gasteiger partial charge in [0, 0.05) is 17.1 Å². The van der Waals surface area contributed by atoms with Crippen molar-refractivity contribution in [1.82, 2.24) is 4.98 Å². The maximum atomic E-state index is 12.5. The largest absolute Gasteiger partial charge is 0.497 e. The normalized spacial score (nSPS) is 13.2. The van der Waals surface area contributed by atoms with Crippen molar-refractivity contribution in [3.8, 4) is 5.75 Å². The topological polar surface area (TPSA) is 48.1 Å². The lowest BCUT2D eigenvalue weighted by atomic mass is 10.1. The van der Waals surface area contributed by atoms with Crippen LogP contribution in [0.25, 0.3) is 0 Å². The number of alkyl halides is 3. The third-order valence-electron chi connectivity index (χ3n) is 2.75. The van der Waals surface area contributed by atoms with Crippen molar-refractivity contribution in [2.75, 3.05) is 7.11 Å². The highest BCUT2D eigenvalue weighted by Crippen LogP contribution is 2.34. The average molecular weight is 302 g/mol. The molecular weight excluding hydrogens is 289 g/mol. The van der Waals surface area contributed by atoms with Crippen molar-refractivity contribution in [3.63, 3.8) is 0 Å². The van der Waals surface area contributed by atoms with E-state index in [1.807, 2.05) is 12.1 Å². The summed E-state index contributed by atoms with van der Waals surface area (Å²) in [4.78, 5) is 3.80. The summed E-state index contributed by atoms with van der Waals surface area (Å²) in [7, 11) is 1.57. The van der Waals surface area contributed by atoms with E-state index in [1.165, 1.54) is 6.20 Å². The Morgan fingerprint density at radius 1 is 1.30 bits per heavy atom. The summed E-state index contributed by atoms with van der Waals surface area (Å²) in [6, 6.07) is 6.75. The van der Waals surface area contributed by atoms with Crippen LogP contribution in [0.4, 0.5) is 13.2 Å². The fourth-order valence-corrected chi connectivity index (χ4v) is 2.49. The number of hydrogen-bond acceptors (Lipinski definition) is 4. The molecule has 0 aliphatic carbocycles. The van der Waals surface area contributed by atoms with Gasteiger partial charge in [-0.25, -0.2) is 4.98 Å². The van der Waals surface area contributed by atoms with E-state index in [0.717, 1.165) is 11.3 Å². The molecule has 0 aliphatic rings. The van der Waals surface area contributed by atoms with E-state index in [-0.39, 0.29) is 0 Å². The van der Waals surface area contributed by atoms with Crippen LogP contribution in [0.2, 0.25) is 0 Å². The summed E-state index contributed by atoms with van der Waals surface area (Å²) in [5.74, 6) is 0.722. The summed E-state index contributed by atoms with van der Waals surface area (Å²) in [5, 5.41) is -0.863. The van der Waals surface area contributed by atoms with E-state index >= 15 is 0 Å². The minimum Gasteiger partial charge on any atom is -0.497 e. The third kappa shape index (κ3) is 3.49. The van der Waals surface area contributed by atoms with Gasteiger partial charge in [-0.15, -0.1) is 11.3 Å². The number of aromatic nitrogens is 1. The van der Waals surface area contributed by atoms with Crippen molar-refractivity contribution >= 4 is 11.3 Å². The van der Waals surface area contributed by atoms with Crippen LogP contribution in [-0.4, -0.2) is 12.1 Å². The van der Waals surface area contributed by atoms with E-state index in [2.05, 4.69) is 4.98 Å². The average Bonchev–Trinajstić information content (AvgIpc) is 2.89. The van der Waals surface area contributed by atoms with Crippen LogP contribution in [0, 0.1) is 0 Å². The maximum Gasteiger partial charge on any atom is 0.443 e. The number of halogens is 3. The Morgan fingerprint density at radius 2 is 1.95 bits per heavy atom. The fourth-order valence-electron chi connectivity index (χ4n) is 1.71. The van der Waals surface area contributed by atoms with Gasteiger partial charge in [-0.2, -0.15) is 13.2 Å². The van der Waals surface area contributed by atoms with E-state index in [0.29, 0.717) is 22.6 Å². The molecular formula is C13H13F3N2OS. The zero-order chi connectivity index (χ0) is 14.8. The molecule has 0 fully saturated rings. The molecule has 1 heterocycles. The van der Waals surface area contributed by atoms with Crippen molar-refractivity contribution in [2.45, 2.75) is 18.6 Å². The fraction of sp³-hybridized carbons (Fsp3) is 0.308. The Hall–Kier alpha value is -1.60. The molecule has 2 rings (SSSR count). The lowest BCUT2D eigenvalue weighted by molar-refractivity contribution is -0.137. The zero-order valence-electron chi connectivity index (χ0n) is 10.6. The highest BCUT2D eigenvalue weighted by molar-refractivity contribution is 7.11. The SMILES string of the molecule is COc1ccc(CC(N)c2cnc(C(F)(F)F)s2)cc1. The molecule has 0 aliphatic heterocycles. The van der Waals surface area contributed by atoms with Crippen molar-refractivity contribution in [2.24, 2.45) is 5.73 Å². The molecule has 1 aromatic heterocycles. The number of ether oxygens (including phenoxy) is 1. The first-order chi connectivity index (χ1) is 9.40. The molecule has 1 unspecified atom stereocenters. The molecule has 3 nitrogen and oxygen atoms in total. The first kappa shape index (κ1) is 14.8. The Labute approximate surface area is 118 Å². The Balaban J connectivity index is 2.07. The van der Waals surface area contributed by atoms with Gasteiger partial charge in [-0.05, 0) is 24.1 Å². The van der Waals surface area contributed by atoms with Crippen LogP contribution in [0.5, 0.6) is 5.75 Å². The standard InChI is InChI=1S/C13H13F3N2OS/c1-19-9-4-2-8(3-5-9)6-10(17)11-7-18-12(20-11)13(14,15)16/h2-5,7,10H,6,17H2,1H3. The third-order valence-corrected chi connectivity index (χ3v) is 3.92. The lowest BCUT2D eigenvalue weighted by Gasteiger charge is -2.09. The summed E-state index contributed by atoms with van der Waals surface area (Å²) >= 11 is 0.589. The minimum absolute atomic E-state index is 0.424. The van der Waals surface area contributed by atoms with Gasteiger partial charge in [0.05, 0.1) is 7.11 Å². The van der Waals surface area contributed by atoms with E-state index < -0.39 is 17.2 Å². The number of thiazole rings is 1. The van der Waals surface area contributed by atoms with Crippen LogP contribution in [0.15, 0.2) is 30.5 Å². The molecule has 0 radical (unpaired) electrons. The monoisotopic (exact) mass is 302 g/mol. The summed E-state index contributed by atoms with van der Waals surface area (Å²) < 4.78 is 42.4. The Kier molecular flexibility index (Phi) is 4.29. The van der Waals surface area contributed by atoms with Crippen LogP contribution in [0.3, 0.4) is 0 Å². The van der Waals surface area contributed by atoms with Crippen LogP contribution < -0.4 is 10.5 Å². The van der Waals surface area contributed by atoms with Crippen molar-refractivity contribution in [1.29, 1.82) is 0 Å². The molecule has 0 bridgehead atoms. The van der Waals surface area contributed by atoms with Gasteiger partial charge in [0.15, 0.2) is 5.01 Å². The number of methoxy groups -OCH3 is 1. The second kappa shape index (κ2) is 5.80. The van der Waals surface area contributed by atoms with Gasteiger partial charge in [0.1, 0.15) is 5.75 Å². The second-order valence-corrected chi connectivity index (χ2v) is 5.29. The van der Waals surface area contributed by atoms with Crippen LogP contribution >= 0.6 is 11.3 Å². The quantitative estimate of drug-likeness (QED) is 0.941. The minimum atomic E-state index is -4.41. The Morgan fingerprint density at radius 3 is 2.45 bits per heavy atom. The predicted molar refractivity (Wildman–Crippen MR) is 70.7 cm³/mol. The van der Waals surface area contributed by atoms with Gasteiger partial charge >= 0.3 is 6.18 Å². The number of nitrogens with two attached hydrogens (primary N) is 1. The number of nitrogens with zero attached hydrogens (tertiary/aromatic N) is 1. The molecule has 2 aromatic rings. The second-order valence-electron chi connectivity index (χ2n) is 4.22. The van der Waals surface area contributed by atoms with Gasteiger partial charge in [-0.3, -0.25) is 0 Å². The van der Waals surface area contributed by atoms with Crippen LogP contribution in [0.1, 0.15) is 21.5 Å². The molecule has 0 amide bonds. The molecule has 1 atom stereocenters. The van der Waals surface area contributed by atoms with Gasteiger partial charge in [0.2, 0.25) is 0 Å². The predicted octanol–water partition coefficient (Wildman–Crippen LogP) is 3.41. The molecule has 0 saturated heterocycles. The van der Waals surface area contributed by atoms with E-state index in [1.54, 1.807) is 19.2 Å². The van der Waals surface area contributed by atoms with Gasteiger partial charge in [0.25, 0.3) is 0 Å². The summed E-state index contributed by atoms with van der Waals surface area (Å²) in [6.07, 6.45) is -2.77. The first-order valence-electron chi connectivity index (χ1n) is 5.81. The maximum absolute atomic E-state index is 12.5. The number of rotatable bonds is 4. The van der Waals surface area contributed by atoms with E-state index in [9.17, 15) is 13.2 Å². The smallest absolute Gasteiger partial charge is 0.443 e. The molecule has 0 spiro atoms. The van der Waals surface area contributed by atoms with Crippen LogP contribution in [-0.2, 0) is 12.6 Å². The molecule has 20 heavy (non-hydrogen) atoms. The molecule has 2 N–H and O–H groups in total. The summed E-state index contributed by atoms with van der Waals surface area (Å²) in [6.45, 7) is 0. The van der Waals surface area contributed by atoms with Crippen molar-refractivity contribution in [3.05, 3.63) is 45.9 Å². The Bertz CT molecular complexity index is 566. The molecule has 7 heteroatoms. The van der Waals surface area contributed by atoms with E-state index in [4.69, 9.17) is 10.5 Å². The molecule has 0 saturated carbocycles. The number of benzene rings is 1.